The quantitative estimate of drug-likeness (QED) is 0.713. The van der Waals surface area contributed by atoms with E-state index < -0.39 is 0 Å². The number of fused-ring (bicyclic) bond motifs is 1. The first kappa shape index (κ1) is 11.1. The Kier molecular flexibility index (Phi) is 3.29. The summed E-state index contributed by atoms with van der Waals surface area (Å²) < 4.78 is 1.50. The van der Waals surface area contributed by atoms with E-state index in [-0.39, 0.29) is 5.75 Å². The number of rotatable bonds is 0. The lowest BCUT2D eigenvalue weighted by atomic mass is 10.2. The van der Waals surface area contributed by atoms with E-state index in [9.17, 15) is 5.11 Å². The summed E-state index contributed by atoms with van der Waals surface area (Å²) >= 11 is 0. The molecule has 0 aliphatic carbocycles. The Balaban J connectivity index is 0.000000531. The van der Waals surface area contributed by atoms with Gasteiger partial charge in [-0.2, -0.15) is 10.4 Å². The molecule has 0 bridgehead atoms. The molecule has 0 spiro atoms. The highest BCUT2D eigenvalue weighted by atomic mass is 16.3. The Labute approximate surface area is 88.4 Å². The number of hydrogen-bond acceptors (Lipinski definition) is 3. The van der Waals surface area contributed by atoms with Crippen molar-refractivity contribution in [2.45, 2.75) is 13.8 Å². The first-order valence-electron chi connectivity index (χ1n) is 4.78. The molecular formula is C11H13N3O. The molecule has 2 rings (SSSR count). The summed E-state index contributed by atoms with van der Waals surface area (Å²) in [4.78, 5) is 0. The fourth-order valence-corrected chi connectivity index (χ4v) is 1.32. The average molecular weight is 203 g/mol. The topological polar surface area (TPSA) is 61.8 Å². The first-order valence-corrected chi connectivity index (χ1v) is 4.78. The maximum Gasteiger partial charge on any atom is 0.146 e. The Hall–Kier alpha value is -2.02. The molecule has 1 aromatic carbocycles. The predicted octanol–water partition coefficient (Wildman–Crippen LogP) is 2.18. The fourth-order valence-electron chi connectivity index (χ4n) is 1.32. The van der Waals surface area contributed by atoms with Crippen LogP contribution in [-0.4, -0.2) is 14.9 Å². The van der Waals surface area contributed by atoms with E-state index in [0.717, 1.165) is 5.52 Å². The van der Waals surface area contributed by atoms with E-state index in [0.29, 0.717) is 11.1 Å². The number of phenolic OH excluding ortho intramolecular Hbond substituents is 1. The van der Waals surface area contributed by atoms with Gasteiger partial charge in [-0.1, -0.05) is 13.8 Å². The molecule has 0 aliphatic rings. The monoisotopic (exact) mass is 203 g/mol. The first-order chi connectivity index (χ1) is 7.22. The molecule has 78 valence electrons. The van der Waals surface area contributed by atoms with Crippen LogP contribution < -0.4 is 0 Å². The Morgan fingerprint density at radius 1 is 1.40 bits per heavy atom. The summed E-state index contributed by atoms with van der Waals surface area (Å²) in [5.74, 6) is 0.150. The molecular weight excluding hydrogens is 190 g/mol. The van der Waals surface area contributed by atoms with E-state index in [1.165, 1.54) is 4.68 Å². The summed E-state index contributed by atoms with van der Waals surface area (Å²) in [5.41, 5.74) is 1.18. The van der Waals surface area contributed by atoms with Crippen molar-refractivity contribution in [1.82, 2.24) is 9.78 Å². The third kappa shape index (κ3) is 1.91. The van der Waals surface area contributed by atoms with Crippen molar-refractivity contribution in [3.05, 3.63) is 23.9 Å². The SMILES string of the molecule is CC.Cn1nc2ccc(O)cc2c1C#N. The molecule has 0 fully saturated rings. The van der Waals surface area contributed by atoms with Crippen molar-refractivity contribution in [2.24, 2.45) is 7.05 Å². The van der Waals surface area contributed by atoms with E-state index in [4.69, 9.17) is 5.26 Å². The van der Waals surface area contributed by atoms with E-state index >= 15 is 0 Å². The molecule has 0 radical (unpaired) electrons. The summed E-state index contributed by atoms with van der Waals surface area (Å²) in [6.07, 6.45) is 0. The van der Waals surface area contributed by atoms with Gasteiger partial charge < -0.3 is 5.11 Å². The average Bonchev–Trinajstić information content (AvgIpc) is 2.56. The summed E-state index contributed by atoms with van der Waals surface area (Å²) in [5, 5.41) is 22.8. The standard InChI is InChI=1S/C9H7N3O.C2H6/c1-12-9(5-10)7-4-6(13)2-3-8(7)11-12;1-2/h2-4,13H,1H3;1-2H3. The second-order valence-electron chi connectivity index (χ2n) is 2.79. The van der Waals surface area contributed by atoms with Gasteiger partial charge in [0.25, 0.3) is 0 Å². The molecule has 0 atom stereocenters. The van der Waals surface area contributed by atoms with Crippen LogP contribution in [0.4, 0.5) is 0 Å². The van der Waals surface area contributed by atoms with Gasteiger partial charge in [0.1, 0.15) is 17.5 Å². The second-order valence-corrected chi connectivity index (χ2v) is 2.79. The van der Waals surface area contributed by atoms with Gasteiger partial charge in [0.15, 0.2) is 0 Å². The minimum Gasteiger partial charge on any atom is -0.508 e. The van der Waals surface area contributed by atoms with Crippen LogP contribution in [0.25, 0.3) is 10.9 Å². The number of phenols is 1. The molecule has 0 unspecified atom stereocenters. The highest BCUT2D eigenvalue weighted by molar-refractivity contribution is 5.85. The van der Waals surface area contributed by atoms with Crippen LogP contribution in [0, 0.1) is 11.3 Å². The highest BCUT2D eigenvalue weighted by Crippen LogP contribution is 2.21. The summed E-state index contributed by atoms with van der Waals surface area (Å²) in [6, 6.07) is 6.82. The van der Waals surface area contributed by atoms with Crippen LogP contribution >= 0.6 is 0 Å². The molecule has 1 aromatic heterocycles. The smallest absolute Gasteiger partial charge is 0.146 e. The van der Waals surface area contributed by atoms with Crippen molar-refractivity contribution in [1.29, 1.82) is 5.26 Å². The van der Waals surface area contributed by atoms with Crippen LogP contribution in [0.5, 0.6) is 5.75 Å². The third-order valence-corrected chi connectivity index (χ3v) is 1.92. The zero-order valence-electron chi connectivity index (χ0n) is 9.02. The van der Waals surface area contributed by atoms with Crippen LogP contribution in [0.1, 0.15) is 19.5 Å². The molecule has 4 heteroatoms. The fraction of sp³-hybridized carbons (Fsp3) is 0.273. The number of nitriles is 1. The van der Waals surface area contributed by atoms with Gasteiger partial charge in [0.2, 0.25) is 0 Å². The molecule has 0 amide bonds. The number of hydrogen-bond donors (Lipinski definition) is 1. The summed E-state index contributed by atoms with van der Waals surface area (Å²) in [6.45, 7) is 4.00. The largest absolute Gasteiger partial charge is 0.508 e. The number of aromatic nitrogens is 2. The van der Waals surface area contributed by atoms with Crippen LogP contribution in [-0.2, 0) is 7.05 Å². The molecule has 0 saturated carbocycles. The van der Waals surface area contributed by atoms with Gasteiger partial charge in [-0.15, -0.1) is 0 Å². The normalized spacial score (nSPS) is 9.20. The molecule has 0 saturated heterocycles. The Morgan fingerprint density at radius 3 is 2.67 bits per heavy atom. The number of aryl methyl sites for hydroxylation is 1. The second kappa shape index (κ2) is 4.47. The lowest BCUT2D eigenvalue weighted by Crippen LogP contribution is -1.92. The number of aromatic hydroxyl groups is 1. The van der Waals surface area contributed by atoms with Crippen molar-refractivity contribution >= 4 is 10.9 Å². The number of nitrogens with zero attached hydrogens (tertiary/aromatic N) is 3. The van der Waals surface area contributed by atoms with Crippen molar-refractivity contribution in [3.8, 4) is 11.8 Å². The van der Waals surface area contributed by atoms with Crippen molar-refractivity contribution < 1.29 is 5.11 Å². The van der Waals surface area contributed by atoms with Crippen LogP contribution in [0.15, 0.2) is 18.2 Å². The highest BCUT2D eigenvalue weighted by Gasteiger charge is 2.07. The van der Waals surface area contributed by atoms with Gasteiger partial charge in [-0.3, -0.25) is 4.68 Å². The van der Waals surface area contributed by atoms with Crippen LogP contribution in [0.2, 0.25) is 0 Å². The van der Waals surface area contributed by atoms with Gasteiger partial charge in [-0.05, 0) is 18.2 Å². The van der Waals surface area contributed by atoms with E-state index in [2.05, 4.69) is 5.10 Å². The Bertz CT molecular complexity index is 508. The van der Waals surface area contributed by atoms with Gasteiger partial charge in [0.05, 0.1) is 5.52 Å². The molecule has 1 N–H and O–H groups in total. The lowest BCUT2D eigenvalue weighted by Gasteiger charge is -1.90. The van der Waals surface area contributed by atoms with E-state index in [1.807, 2.05) is 19.9 Å². The van der Waals surface area contributed by atoms with Gasteiger partial charge >= 0.3 is 0 Å². The van der Waals surface area contributed by atoms with Crippen molar-refractivity contribution in [2.75, 3.05) is 0 Å². The minimum absolute atomic E-state index is 0.150. The molecule has 15 heavy (non-hydrogen) atoms. The zero-order valence-corrected chi connectivity index (χ0v) is 9.02. The van der Waals surface area contributed by atoms with Crippen molar-refractivity contribution in [3.63, 3.8) is 0 Å². The minimum atomic E-state index is 0.150. The Morgan fingerprint density at radius 2 is 2.07 bits per heavy atom. The van der Waals surface area contributed by atoms with Crippen LogP contribution in [0.3, 0.4) is 0 Å². The van der Waals surface area contributed by atoms with Gasteiger partial charge in [-0.25, -0.2) is 0 Å². The lowest BCUT2D eigenvalue weighted by molar-refractivity contribution is 0.476. The predicted molar refractivity (Wildman–Crippen MR) is 58.4 cm³/mol. The molecule has 4 nitrogen and oxygen atoms in total. The maximum absolute atomic E-state index is 9.21. The van der Waals surface area contributed by atoms with Gasteiger partial charge in [0, 0.05) is 12.4 Å². The molecule has 2 aromatic rings. The zero-order chi connectivity index (χ0) is 11.4. The third-order valence-electron chi connectivity index (χ3n) is 1.92. The van der Waals surface area contributed by atoms with E-state index in [1.54, 1.807) is 25.2 Å². The summed E-state index contributed by atoms with van der Waals surface area (Å²) in [7, 11) is 1.70. The molecule has 0 aliphatic heterocycles. The molecule has 1 heterocycles. The number of benzene rings is 1. The maximum atomic E-state index is 9.21.